The normalized spacial score (nSPS) is 24.4. The Bertz CT molecular complexity index is 1950. The molecule has 3 fully saturated rings. The minimum absolute atomic E-state index is 0.0247. The number of rotatable bonds is 8. The van der Waals surface area contributed by atoms with Gasteiger partial charge in [0.05, 0.1) is 39.4 Å². The molecular formula is C32H30F6N6O3S. The molecule has 0 saturated carbocycles. The first-order valence-corrected chi connectivity index (χ1v) is 16.2. The Labute approximate surface area is 274 Å². The molecule has 3 N–H and O–H groups in total. The van der Waals surface area contributed by atoms with Crippen molar-refractivity contribution in [3.63, 3.8) is 0 Å². The second-order valence-electron chi connectivity index (χ2n) is 12.4. The van der Waals surface area contributed by atoms with Gasteiger partial charge in [-0.1, -0.05) is 6.07 Å². The standard InChI is InChI=1S/C32H30F6N6O3S/c1-45-13-21-22(5-7-41-21)47-29-17-9-19(32(36,37)38)24(16-3-4-20(34)27-23(16)18(11-39)28(40)48-27)25(35)26(17)42-30(43-29)46-14-31-6-2-8-44(31)12-15(33)10-31/h3-4,9,15,21-22,41H,2,5-8,10,12-14,40H2,1H3/t15-,21-,22-,31+/m1/s1. The predicted octanol–water partition coefficient (Wildman–Crippen LogP) is 5.97. The van der Waals surface area contributed by atoms with Crippen LogP contribution in [0.5, 0.6) is 11.9 Å². The second kappa shape index (κ2) is 12.2. The van der Waals surface area contributed by atoms with Gasteiger partial charge < -0.3 is 25.3 Å². The molecule has 3 saturated heterocycles. The summed E-state index contributed by atoms with van der Waals surface area (Å²) >= 11 is 0.678. The third-order valence-corrected chi connectivity index (χ3v) is 10.5. The highest BCUT2D eigenvalue weighted by atomic mass is 32.1. The van der Waals surface area contributed by atoms with Gasteiger partial charge in [-0.2, -0.15) is 28.4 Å². The number of nitrogens with zero attached hydrogens (tertiary/aromatic N) is 4. The zero-order valence-electron chi connectivity index (χ0n) is 25.6. The number of nitrogens with one attached hydrogen (secondary N) is 1. The monoisotopic (exact) mass is 692 g/mol. The molecule has 0 bridgehead atoms. The predicted molar refractivity (Wildman–Crippen MR) is 166 cm³/mol. The summed E-state index contributed by atoms with van der Waals surface area (Å²) < 4.78 is 108. The minimum Gasteiger partial charge on any atom is -0.472 e. The number of thiophene rings is 1. The summed E-state index contributed by atoms with van der Waals surface area (Å²) in [6, 6.07) is 3.70. The van der Waals surface area contributed by atoms with Gasteiger partial charge in [-0.25, -0.2) is 13.2 Å². The molecular weight excluding hydrogens is 662 g/mol. The number of alkyl halides is 4. The lowest BCUT2D eigenvalue weighted by Crippen LogP contribution is -2.43. The van der Waals surface area contributed by atoms with Crippen molar-refractivity contribution in [2.75, 3.05) is 45.7 Å². The van der Waals surface area contributed by atoms with Crippen LogP contribution in [0.15, 0.2) is 18.2 Å². The van der Waals surface area contributed by atoms with Crippen LogP contribution < -0.4 is 20.5 Å². The largest absolute Gasteiger partial charge is 0.472 e. The molecule has 4 atom stereocenters. The van der Waals surface area contributed by atoms with Crippen LogP contribution in [0.4, 0.5) is 31.3 Å². The lowest BCUT2D eigenvalue weighted by Gasteiger charge is -2.31. The number of anilines is 1. The van der Waals surface area contributed by atoms with Gasteiger partial charge in [0.15, 0.2) is 5.82 Å². The van der Waals surface area contributed by atoms with E-state index in [4.69, 9.17) is 19.9 Å². The molecule has 2 aromatic carbocycles. The number of ether oxygens (including phenoxy) is 3. The highest BCUT2D eigenvalue weighted by Gasteiger charge is 2.49. The van der Waals surface area contributed by atoms with E-state index in [-0.39, 0.29) is 75.7 Å². The Balaban J connectivity index is 1.43. The summed E-state index contributed by atoms with van der Waals surface area (Å²) in [5, 5.41) is 12.3. The van der Waals surface area contributed by atoms with E-state index in [9.17, 15) is 27.2 Å². The molecule has 5 heterocycles. The number of nitrogens with two attached hydrogens (primary N) is 1. The number of aromatic nitrogens is 2. The van der Waals surface area contributed by atoms with Crippen molar-refractivity contribution in [3.8, 4) is 29.1 Å². The molecule has 9 nitrogen and oxygen atoms in total. The van der Waals surface area contributed by atoms with Gasteiger partial charge in [-0.15, -0.1) is 11.3 Å². The first-order chi connectivity index (χ1) is 22.9. The number of fused-ring (bicyclic) bond motifs is 3. The zero-order valence-corrected chi connectivity index (χ0v) is 26.4. The second-order valence-corrected chi connectivity index (χ2v) is 13.4. The van der Waals surface area contributed by atoms with Gasteiger partial charge in [0.1, 0.15) is 41.3 Å². The lowest BCUT2D eigenvalue weighted by molar-refractivity contribution is -0.137. The molecule has 7 rings (SSSR count). The number of hydrogen-bond acceptors (Lipinski definition) is 10. The summed E-state index contributed by atoms with van der Waals surface area (Å²) in [4.78, 5) is 10.6. The van der Waals surface area contributed by atoms with Gasteiger partial charge in [0.2, 0.25) is 5.88 Å². The number of nitrogen functional groups attached to an aromatic ring is 1. The van der Waals surface area contributed by atoms with Crippen molar-refractivity contribution >= 4 is 37.3 Å². The smallest absolute Gasteiger partial charge is 0.417 e. The summed E-state index contributed by atoms with van der Waals surface area (Å²) in [7, 11) is 1.50. The van der Waals surface area contributed by atoms with Crippen LogP contribution in [0.2, 0.25) is 0 Å². The molecule has 0 amide bonds. The molecule has 254 valence electrons. The fourth-order valence-electron chi connectivity index (χ4n) is 7.35. The Morgan fingerprint density at radius 3 is 2.81 bits per heavy atom. The van der Waals surface area contributed by atoms with Crippen LogP contribution in [0.3, 0.4) is 0 Å². The first-order valence-electron chi connectivity index (χ1n) is 15.4. The van der Waals surface area contributed by atoms with Crippen LogP contribution in [-0.2, 0) is 10.9 Å². The Hall–Kier alpha value is -3.91. The van der Waals surface area contributed by atoms with E-state index < -0.39 is 52.3 Å². The highest BCUT2D eigenvalue weighted by molar-refractivity contribution is 7.23. The minimum atomic E-state index is -5.12. The molecule has 48 heavy (non-hydrogen) atoms. The van der Waals surface area contributed by atoms with Crippen molar-refractivity contribution < 1.29 is 40.6 Å². The van der Waals surface area contributed by atoms with E-state index in [1.165, 1.54) is 7.11 Å². The zero-order chi connectivity index (χ0) is 34.0. The maximum absolute atomic E-state index is 16.9. The first kappa shape index (κ1) is 32.6. The third kappa shape index (κ3) is 5.46. The quantitative estimate of drug-likeness (QED) is 0.215. The van der Waals surface area contributed by atoms with Crippen molar-refractivity contribution in [1.29, 1.82) is 5.26 Å². The number of benzene rings is 2. The molecule has 3 aliphatic rings. The Kier molecular flexibility index (Phi) is 8.30. The van der Waals surface area contributed by atoms with E-state index in [2.05, 4.69) is 15.3 Å². The summed E-state index contributed by atoms with van der Waals surface area (Å²) in [6.45, 7) is 1.69. The average molecular weight is 693 g/mol. The maximum Gasteiger partial charge on any atom is 0.417 e. The van der Waals surface area contributed by atoms with Crippen LogP contribution in [0.25, 0.3) is 32.1 Å². The number of hydrogen-bond donors (Lipinski definition) is 2. The molecule has 0 radical (unpaired) electrons. The van der Waals surface area contributed by atoms with E-state index in [1.807, 2.05) is 11.0 Å². The molecule has 0 spiro atoms. The topological polar surface area (TPSA) is 119 Å². The van der Waals surface area contributed by atoms with Crippen molar-refractivity contribution in [2.45, 2.75) is 55.7 Å². The molecule has 3 aliphatic heterocycles. The van der Waals surface area contributed by atoms with E-state index in [0.29, 0.717) is 43.3 Å². The van der Waals surface area contributed by atoms with Crippen molar-refractivity contribution in [1.82, 2.24) is 20.2 Å². The third-order valence-electron chi connectivity index (χ3n) is 9.50. The van der Waals surface area contributed by atoms with Crippen LogP contribution in [-0.4, -0.2) is 78.7 Å². The van der Waals surface area contributed by atoms with Gasteiger partial charge in [-0.05, 0) is 50.0 Å². The Morgan fingerprint density at radius 2 is 2.06 bits per heavy atom. The van der Waals surface area contributed by atoms with Crippen molar-refractivity contribution in [3.05, 3.63) is 41.0 Å². The van der Waals surface area contributed by atoms with Crippen LogP contribution in [0, 0.1) is 23.0 Å². The molecule has 0 unspecified atom stereocenters. The summed E-state index contributed by atoms with van der Waals surface area (Å²) in [5.41, 5.74) is 1.77. The van der Waals surface area contributed by atoms with Gasteiger partial charge in [-0.3, -0.25) is 4.90 Å². The molecule has 16 heteroatoms. The maximum atomic E-state index is 16.9. The molecule has 4 aromatic rings. The number of nitriles is 1. The van der Waals surface area contributed by atoms with Gasteiger partial charge in [0.25, 0.3) is 0 Å². The van der Waals surface area contributed by atoms with Crippen molar-refractivity contribution in [2.24, 2.45) is 0 Å². The lowest BCUT2D eigenvalue weighted by atomic mass is 9.92. The van der Waals surface area contributed by atoms with E-state index in [1.54, 1.807) is 0 Å². The fourth-order valence-corrected chi connectivity index (χ4v) is 8.30. The van der Waals surface area contributed by atoms with Crippen LogP contribution >= 0.6 is 11.3 Å². The van der Waals surface area contributed by atoms with Gasteiger partial charge >= 0.3 is 12.2 Å². The molecule has 0 aliphatic carbocycles. The van der Waals surface area contributed by atoms with E-state index >= 15 is 4.39 Å². The number of methoxy groups -OCH3 is 1. The van der Waals surface area contributed by atoms with Gasteiger partial charge in [0, 0.05) is 31.0 Å². The SMILES string of the molecule is COC[C@H]1NCC[C@H]1Oc1nc(OC[C@@]23CCCN2C[C@H](F)C3)nc2c(F)c(-c3ccc(F)c4sc(N)c(C#N)c34)c(C(F)(F)F)cc12. The molecule has 2 aromatic heterocycles. The summed E-state index contributed by atoms with van der Waals surface area (Å²) in [5.74, 6) is -2.56. The fraction of sp³-hybridized carbons (Fsp3) is 0.469. The number of halogens is 6. The Morgan fingerprint density at radius 1 is 1.25 bits per heavy atom. The van der Waals surface area contributed by atoms with E-state index in [0.717, 1.165) is 18.6 Å². The summed E-state index contributed by atoms with van der Waals surface area (Å²) in [6.07, 6.45) is -4.57. The van der Waals surface area contributed by atoms with Crippen LogP contribution in [0.1, 0.15) is 36.8 Å². The highest BCUT2D eigenvalue weighted by Crippen LogP contribution is 2.48. The average Bonchev–Trinajstić information content (AvgIpc) is 3.79.